The maximum absolute atomic E-state index is 14.9. The Balaban J connectivity index is 1.79. The number of anilines is 1. The van der Waals surface area contributed by atoms with Gasteiger partial charge >= 0.3 is 0 Å². The number of nitrogens with zero attached hydrogens (tertiary/aromatic N) is 1. The maximum atomic E-state index is 14.9. The molecule has 0 aliphatic rings. The topological polar surface area (TPSA) is 91.9 Å². The lowest BCUT2D eigenvalue weighted by molar-refractivity contribution is 0.103. The van der Waals surface area contributed by atoms with Gasteiger partial charge < -0.3 is 4.98 Å². The van der Waals surface area contributed by atoms with Crippen LogP contribution in [0.4, 0.5) is 14.5 Å². The van der Waals surface area contributed by atoms with Crippen LogP contribution in [-0.4, -0.2) is 29.9 Å². The lowest BCUT2D eigenvalue weighted by atomic mass is 10.00. The second-order valence-electron chi connectivity index (χ2n) is 6.82. The van der Waals surface area contributed by atoms with E-state index in [0.717, 1.165) is 23.0 Å². The summed E-state index contributed by atoms with van der Waals surface area (Å²) < 4.78 is 55.3. The number of sulfonamides is 1. The van der Waals surface area contributed by atoms with E-state index in [-0.39, 0.29) is 11.3 Å². The molecule has 0 atom stereocenters. The zero-order valence-corrected chi connectivity index (χ0v) is 16.7. The number of hydrogen-bond donors (Lipinski definition) is 2. The number of pyridine rings is 1. The van der Waals surface area contributed by atoms with Crippen molar-refractivity contribution in [2.75, 3.05) is 10.5 Å². The summed E-state index contributed by atoms with van der Waals surface area (Å²) in [5, 5.41) is 1.45. The zero-order valence-electron chi connectivity index (χ0n) is 15.9. The molecule has 4 aromatic rings. The summed E-state index contributed by atoms with van der Waals surface area (Å²) in [5.41, 5.74) is 0.136. The molecule has 0 aliphatic heterocycles. The second-order valence-corrected chi connectivity index (χ2v) is 8.66. The fourth-order valence-electron chi connectivity index (χ4n) is 3.34. The first-order valence-electron chi connectivity index (χ1n) is 9.20. The van der Waals surface area contributed by atoms with E-state index in [1.165, 1.54) is 12.1 Å². The van der Waals surface area contributed by atoms with Gasteiger partial charge in [0.25, 0.3) is 0 Å². The molecule has 30 heavy (non-hydrogen) atoms. The van der Waals surface area contributed by atoms with Crippen LogP contribution in [0.15, 0.2) is 48.7 Å². The van der Waals surface area contributed by atoms with Crippen LogP contribution in [0.25, 0.3) is 21.9 Å². The number of carbonyl (C=O) groups excluding carboxylic acids is 1. The van der Waals surface area contributed by atoms with E-state index < -0.39 is 38.7 Å². The first kappa shape index (κ1) is 20.0. The SMILES string of the molecule is CCCS(=O)(=O)Nc1ccc(F)c(C(=O)c2ccc3[nH]c4ncccc4c3c2)c1F. The quantitative estimate of drug-likeness (QED) is 0.445. The molecule has 0 spiro atoms. The molecule has 2 heterocycles. The standard InChI is InChI=1S/C21H17F2N3O3S/c1-2-10-30(28,29)26-17-8-6-15(22)18(19(17)23)20(27)12-5-7-16-14(11-12)13-4-3-9-24-21(13)25-16/h3-9,11,26H,2,10H2,1H3,(H,24,25). The summed E-state index contributed by atoms with van der Waals surface area (Å²) in [6.45, 7) is 1.66. The predicted octanol–water partition coefficient (Wildman–Crippen LogP) is 4.38. The minimum Gasteiger partial charge on any atom is -0.339 e. The Hall–Kier alpha value is -3.33. The molecular formula is C21H17F2N3O3S. The molecule has 0 bridgehead atoms. The van der Waals surface area contributed by atoms with Gasteiger partial charge in [0.2, 0.25) is 10.0 Å². The third kappa shape index (κ3) is 3.52. The second kappa shape index (κ2) is 7.49. The highest BCUT2D eigenvalue weighted by atomic mass is 32.2. The van der Waals surface area contributed by atoms with Crippen molar-refractivity contribution in [1.29, 1.82) is 0 Å². The van der Waals surface area contributed by atoms with Crippen LogP contribution >= 0.6 is 0 Å². The minimum absolute atomic E-state index is 0.0682. The van der Waals surface area contributed by atoms with Crippen molar-refractivity contribution in [2.24, 2.45) is 0 Å². The van der Waals surface area contributed by atoms with Crippen LogP contribution in [0.5, 0.6) is 0 Å². The van der Waals surface area contributed by atoms with Gasteiger partial charge in [-0.2, -0.15) is 0 Å². The van der Waals surface area contributed by atoms with Gasteiger partial charge in [0.1, 0.15) is 11.5 Å². The Morgan fingerprint density at radius 2 is 1.93 bits per heavy atom. The summed E-state index contributed by atoms with van der Waals surface area (Å²) >= 11 is 0. The number of fused-ring (bicyclic) bond motifs is 3. The lowest BCUT2D eigenvalue weighted by Crippen LogP contribution is -2.18. The highest BCUT2D eigenvalue weighted by Gasteiger charge is 2.24. The van der Waals surface area contributed by atoms with Crippen LogP contribution in [0.3, 0.4) is 0 Å². The van der Waals surface area contributed by atoms with Crippen LogP contribution in [0, 0.1) is 11.6 Å². The Labute approximate surface area is 171 Å². The summed E-state index contributed by atoms with van der Waals surface area (Å²) in [7, 11) is -3.81. The molecule has 2 aromatic heterocycles. The van der Waals surface area contributed by atoms with Gasteiger partial charge in [-0.25, -0.2) is 22.2 Å². The summed E-state index contributed by atoms with van der Waals surface area (Å²) in [4.78, 5) is 20.3. The Kier molecular flexibility index (Phi) is 4.98. The third-order valence-corrected chi connectivity index (χ3v) is 6.17. The van der Waals surface area contributed by atoms with E-state index in [1.807, 2.05) is 6.07 Å². The molecule has 2 N–H and O–H groups in total. The van der Waals surface area contributed by atoms with E-state index in [9.17, 15) is 22.0 Å². The first-order valence-corrected chi connectivity index (χ1v) is 10.9. The third-order valence-electron chi connectivity index (χ3n) is 4.69. The van der Waals surface area contributed by atoms with Crippen LogP contribution in [0.1, 0.15) is 29.3 Å². The highest BCUT2D eigenvalue weighted by Crippen LogP contribution is 2.28. The average Bonchev–Trinajstić information content (AvgIpc) is 3.08. The van der Waals surface area contributed by atoms with Gasteiger partial charge in [-0.15, -0.1) is 0 Å². The molecule has 4 rings (SSSR count). The van der Waals surface area contributed by atoms with Gasteiger partial charge in [-0.3, -0.25) is 9.52 Å². The molecule has 154 valence electrons. The molecule has 2 aromatic carbocycles. The lowest BCUT2D eigenvalue weighted by Gasteiger charge is -2.11. The van der Waals surface area contributed by atoms with Crippen molar-refractivity contribution in [3.63, 3.8) is 0 Å². The number of aromatic nitrogens is 2. The minimum atomic E-state index is -3.81. The number of aromatic amines is 1. The highest BCUT2D eigenvalue weighted by molar-refractivity contribution is 7.92. The molecule has 0 radical (unpaired) electrons. The van der Waals surface area contributed by atoms with Gasteiger partial charge in [-0.1, -0.05) is 6.92 Å². The van der Waals surface area contributed by atoms with Crippen LogP contribution in [-0.2, 0) is 10.0 Å². The predicted molar refractivity (Wildman–Crippen MR) is 111 cm³/mol. The van der Waals surface area contributed by atoms with E-state index >= 15 is 0 Å². The number of benzene rings is 2. The molecule has 0 aliphatic carbocycles. The summed E-state index contributed by atoms with van der Waals surface area (Å²) in [6, 6.07) is 10.0. The first-order chi connectivity index (χ1) is 14.3. The van der Waals surface area contributed by atoms with Gasteiger partial charge in [0.15, 0.2) is 11.6 Å². The monoisotopic (exact) mass is 429 g/mol. The number of carbonyl (C=O) groups is 1. The largest absolute Gasteiger partial charge is 0.339 e. The summed E-state index contributed by atoms with van der Waals surface area (Å²) in [6.07, 6.45) is 1.95. The van der Waals surface area contributed by atoms with Gasteiger partial charge in [-0.05, 0) is 48.9 Å². The zero-order chi connectivity index (χ0) is 21.5. The Morgan fingerprint density at radius 3 is 2.70 bits per heavy atom. The van der Waals surface area contributed by atoms with E-state index in [2.05, 4.69) is 14.7 Å². The van der Waals surface area contributed by atoms with E-state index in [1.54, 1.807) is 25.3 Å². The molecule has 9 heteroatoms. The van der Waals surface area contributed by atoms with Crippen LogP contribution in [0.2, 0.25) is 0 Å². The molecule has 0 saturated heterocycles. The molecule has 0 fully saturated rings. The summed E-state index contributed by atoms with van der Waals surface area (Å²) in [5.74, 6) is -3.43. The molecule has 0 amide bonds. The number of halogens is 2. The Morgan fingerprint density at radius 1 is 1.13 bits per heavy atom. The van der Waals surface area contributed by atoms with Crippen molar-refractivity contribution < 1.29 is 22.0 Å². The normalized spacial score (nSPS) is 11.8. The van der Waals surface area contributed by atoms with Gasteiger partial charge in [0, 0.05) is 28.0 Å². The van der Waals surface area contributed by atoms with Gasteiger partial charge in [0.05, 0.1) is 17.0 Å². The van der Waals surface area contributed by atoms with Crippen molar-refractivity contribution >= 4 is 43.4 Å². The average molecular weight is 429 g/mol. The van der Waals surface area contributed by atoms with E-state index in [0.29, 0.717) is 17.5 Å². The van der Waals surface area contributed by atoms with Crippen molar-refractivity contribution in [3.8, 4) is 0 Å². The van der Waals surface area contributed by atoms with E-state index in [4.69, 9.17) is 0 Å². The number of rotatable bonds is 6. The molecule has 0 saturated carbocycles. The van der Waals surface area contributed by atoms with Crippen molar-refractivity contribution in [2.45, 2.75) is 13.3 Å². The fraction of sp³-hybridized carbons (Fsp3) is 0.143. The molecule has 6 nitrogen and oxygen atoms in total. The Bertz CT molecular complexity index is 1400. The van der Waals surface area contributed by atoms with Crippen molar-refractivity contribution in [1.82, 2.24) is 9.97 Å². The molecular weight excluding hydrogens is 412 g/mol. The maximum Gasteiger partial charge on any atom is 0.232 e. The number of ketones is 1. The number of nitrogens with one attached hydrogen (secondary N) is 2. The van der Waals surface area contributed by atoms with Crippen LogP contribution < -0.4 is 4.72 Å². The fourth-order valence-corrected chi connectivity index (χ4v) is 4.47. The van der Waals surface area contributed by atoms with Crippen molar-refractivity contribution in [3.05, 3.63) is 71.4 Å². The number of hydrogen-bond acceptors (Lipinski definition) is 4. The number of H-pyrrole nitrogens is 1. The molecule has 0 unspecified atom stereocenters. The smallest absolute Gasteiger partial charge is 0.232 e.